The zero-order valence-corrected chi connectivity index (χ0v) is 64.7. The molecule has 3 unspecified atom stereocenters. The van der Waals surface area contributed by atoms with Crippen LogP contribution in [0.5, 0.6) is 0 Å². The number of H-pyrrole nitrogens is 1. The average molecular weight is 1530 g/mol. The van der Waals surface area contributed by atoms with Crippen LogP contribution < -0.4 is 21.9 Å². The number of imidazole rings is 1. The monoisotopic (exact) mass is 1530 g/mol. The van der Waals surface area contributed by atoms with Gasteiger partial charge in [-0.2, -0.15) is 0 Å². The van der Waals surface area contributed by atoms with E-state index in [1.165, 1.54) is 70.6 Å². The first-order valence-corrected chi connectivity index (χ1v) is 39.4. The maximum absolute atomic E-state index is 15.1. The van der Waals surface area contributed by atoms with E-state index < -0.39 is 80.0 Å². The molecule has 3 aromatic rings. The Balaban J connectivity index is 0.000000211. The number of hydrogen-bond donors (Lipinski definition) is 12. The van der Waals surface area contributed by atoms with Gasteiger partial charge in [0.25, 0.3) is 5.97 Å². The Morgan fingerprint density at radius 2 is 0.898 bits per heavy atom. The van der Waals surface area contributed by atoms with Crippen LogP contribution >= 0.6 is 12.8 Å². The molecule has 12 aliphatic carbocycles. The average Bonchev–Trinajstić information content (AvgIpc) is 1.04. The smallest absolute Gasteiger partial charge is 0.328 e. The molecule has 13 N–H and O–H groups in total. The van der Waals surface area contributed by atoms with Crippen LogP contribution in [-0.4, -0.2) is 213 Å². The van der Waals surface area contributed by atoms with E-state index in [0.717, 1.165) is 172 Å². The van der Waals surface area contributed by atoms with Crippen molar-refractivity contribution in [3.05, 3.63) is 52.2 Å². The number of nitrogens with two attached hydrogens (primary N) is 2. The second kappa shape index (κ2) is 41.2. The molecule has 30 heteroatoms. The molecule has 602 valence electrons. The third kappa shape index (κ3) is 24.6. The molecule has 2 aromatic heterocycles. The number of nitrogen functional groups attached to an aromatic ring is 1. The Morgan fingerprint density at radius 3 is 1.21 bits per heavy atom. The second-order valence-electron chi connectivity index (χ2n) is 32.6. The molecule has 0 radical (unpaired) electrons. The standard InChI is InChI=1S/C40H59NO3.C13H13N5O.C10H17NO6.C8H14N2O6.C4H8O.C2H4O2.CH5NS/c1-2-3-4-34(37(44)40-20-31-11-32(21-40)13-33(12-31)22-40)41(23-35(42)38-14-25-5-26(15-38)7-27(6-25)16-38)24-36(43)39-17-28-8-29(18-39)10-30(9-28)19-39;1-8-15-11(14)10-12(16-8)18(13(19)17-10)7-9-5-3-2-4-6-9;1-2-3-4-7(10(16)17)11(5-8(12)13)6-9(14)15;9-2-1-5(8(15)16)10(3-6(11)12)4-7(13)14;1-2-4-5-3-1;1-2(3)4;1-2-3/h25-34H,2-24H2,1H3;2-6H,7H2,1H3,(H,17,19)(H2,14,15,16);7H,2-6H2,1H3,(H,12,13)(H,14,15)(H,16,17);5H,1-4,9H2,(H,11,12)(H,13,14)(H,15,16);1-4H2;1H3,(H,3,4);2-3H,1H3. The van der Waals surface area contributed by atoms with Crippen molar-refractivity contribution in [2.75, 3.05) is 71.8 Å². The lowest BCUT2D eigenvalue weighted by molar-refractivity contribution is -0.157. The van der Waals surface area contributed by atoms with Gasteiger partial charge < -0.3 is 56.9 Å². The summed E-state index contributed by atoms with van der Waals surface area (Å²) in [7, 11) is 1.74. The first kappa shape index (κ1) is 88.0. The first-order chi connectivity index (χ1) is 51.3. The van der Waals surface area contributed by atoms with Gasteiger partial charge in [0, 0.05) is 36.4 Å². The topological polar surface area (TPSA) is 459 Å². The van der Waals surface area contributed by atoms with E-state index in [4.69, 9.17) is 56.7 Å². The van der Waals surface area contributed by atoms with Crippen LogP contribution in [0.15, 0.2) is 35.1 Å². The highest BCUT2D eigenvalue weighted by Gasteiger charge is 2.60. The number of aryl methyl sites for hydroxylation is 1. The number of thiol groups is 1. The second-order valence-corrected chi connectivity index (χ2v) is 33.0. The minimum Gasteiger partial charge on any atom is -0.481 e. The number of fused-ring (bicyclic) bond motifs is 1. The van der Waals surface area contributed by atoms with E-state index in [0.29, 0.717) is 66.2 Å². The van der Waals surface area contributed by atoms with Crippen LogP contribution in [0.4, 0.5) is 5.82 Å². The van der Waals surface area contributed by atoms with E-state index in [2.05, 4.69) is 44.3 Å². The highest BCUT2D eigenvalue weighted by molar-refractivity contribution is 7.78. The van der Waals surface area contributed by atoms with E-state index in [9.17, 15) is 43.2 Å². The summed E-state index contributed by atoms with van der Waals surface area (Å²) < 4.78 is 8.95. The number of carbonyl (C=O) groups excluding carboxylic acids is 3. The van der Waals surface area contributed by atoms with Gasteiger partial charge in [0.2, 0.25) is 0 Å². The van der Waals surface area contributed by atoms with Gasteiger partial charge in [-0.1, -0.05) is 82.7 Å². The maximum Gasteiger partial charge on any atom is 0.328 e. The number of nitrogens with one attached hydrogen (secondary N) is 2. The molecular weight excluding hydrogens is 1410 g/mol. The summed E-state index contributed by atoms with van der Waals surface area (Å²) in [5.41, 5.74) is 12.3. The molecule has 13 fully saturated rings. The highest BCUT2D eigenvalue weighted by atomic mass is 32.1. The molecule has 16 rings (SSSR count). The molecule has 108 heavy (non-hydrogen) atoms. The van der Waals surface area contributed by atoms with Gasteiger partial charge in [0.05, 0.1) is 51.9 Å². The van der Waals surface area contributed by atoms with Crippen molar-refractivity contribution in [2.24, 2.45) is 75.2 Å². The number of rotatable bonds is 31. The number of Topliss-reactive ketones (excluding diaryl/α,β-unsaturated/α-hetero) is 3. The van der Waals surface area contributed by atoms with Crippen LogP contribution in [0, 0.1) is 76.4 Å². The van der Waals surface area contributed by atoms with Crippen molar-refractivity contribution < 1.29 is 88.4 Å². The van der Waals surface area contributed by atoms with Crippen LogP contribution in [-0.2, 0) is 59.2 Å². The molecule has 12 bridgehead atoms. The number of aromatic amines is 1. The lowest BCUT2D eigenvalue weighted by Gasteiger charge is -2.58. The van der Waals surface area contributed by atoms with E-state index >= 15 is 4.79 Å². The number of anilines is 1. The number of ketones is 3. The third-order valence-electron chi connectivity index (χ3n) is 23.9. The van der Waals surface area contributed by atoms with Gasteiger partial charge in [0.1, 0.15) is 23.4 Å². The molecule has 0 amide bonds. The van der Waals surface area contributed by atoms with Gasteiger partial charge >= 0.3 is 41.5 Å². The summed E-state index contributed by atoms with van der Waals surface area (Å²) in [6.45, 7) is 7.66. The highest BCUT2D eigenvalue weighted by Crippen LogP contribution is 2.64. The molecule has 12 saturated carbocycles. The van der Waals surface area contributed by atoms with Gasteiger partial charge in [-0.05, 0) is 227 Å². The zero-order chi connectivity index (χ0) is 79.2. The summed E-state index contributed by atoms with van der Waals surface area (Å²) in [6.07, 6.45) is 28.8. The fourth-order valence-corrected chi connectivity index (χ4v) is 20.8. The predicted molar refractivity (Wildman–Crippen MR) is 406 cm³/mol. The molecule has 1 saturated heterocycles. The fourth-order valence-electron chi connectivity index (χ4n) is 20.8. The number of nitrogens with zero attached hydrogens (tertiary/aromatic N) is 6. The number of hydrogen-bond acceptors (Lipinski definition) is 21. The Kier molecular flexibility index (Phi) is 33.5. The minimum atomic E-state index is -1.29. The zero-order valence-electron chi connectivity index (χ0n) is 63.8. The number of aliphatic carboxylic acids is 7. The summed E-state index contributed by atoms with van der Waals surface area (Å²) in [5, 5.41) is 59.5. The molecule has 1 aromatic carbocycles. The van der Waals surface area contributed by atoms with Crippen molar-refractivity contribution in [2.45, 2.75) is 226 Å². The number of aromatic nitrogens is 4. The predicted octanol–water partition coefficient (Wildman–Crippen LogP) is 8.56. The Morgan fingerprint density at radius 1 is 0.565 bits per heavy atom. The van der Waals surface area contributed by atoms with Crippen molar-refractivity contribution >= 4 is 88.9 Å². The molecule has 13 aliphatic rings. The fraction of sp³-hybridized carbons (Fsp3) is 0.731. The van der Waals surface area contributed by atoms with Gasteiger partial charge in [-0.25, -0.2) is 14.8 Å². The van der Waals surface area contributed by atoms with Crippen LogP contribution in [0.25, 0.3) is 11.2 Å². The molecule has 0 spiro atoms. The molecular formula is C78H120N10O19S. The van der Waals surface area contributed by atoms with Crippen molar-refractivity contribution in [3.63, 3.8) is 0 Å². The van der Waals surface area contributed by atoms with Gasteiger partial charge in [-0.3, -0.25) is 71.9 Å². The molecule has 29 nitrogen and oxygen atoms in total. The summed E-state index contributed by atoms with van der Waals surface area (Å²) in [4.78, 5) is 145. The normalized spacial score (nSPS) is 27.4. The maximum atomic E-state index is 15.1. The SMILES string of the molecule is C1CCOC1.CC(=O)O.CCCCC(C(=O)C12CC3CC(CC(C3)C1)C2)N(CC(=O)C12CC3CC(CC(C3)C1)C2)CC(=O)C12CC3CC(CC(C3)C1)C2.CCCCC(C(=O)O)N(CC(=O)O)CC(=O)O.CNS.Cc1nc(N)c2[nH]c(=O)n(Cc3ccccc3)c2n1.NCCC(C(=O)O)N(CC(=O)O)CC(=O)O. The first-order valence-electron chi connectivity index (χ1n) is 39.0. The minimum absolute atomic E-state index is 0.00407. The quantitative estimate of drug-likeness (QED) is 0.0268. The molecule has 3 heterocycles. The lowest BCUT2D eigenvalue weighted by Crippen LogP contribution is -2.60. The van der Waals surface area contributed by atoms with Crippen LogP contribution in [0.3, 0.4) is 0 Å². The van der Waals surface area contributed by atoms with Crippen molar-refractivity contribution in [3.8, 4) is 0 Å². The summed E-state index contributed by atoms with van der Waals surface area (Å²) >= 11 is 3.54. The molecule has 1 aliphatic heterocycles. The number of carboxylic acid groups (broad SMARTS) is 7. The van der Waals surface area contributed by atoms with Crippen molar-refractivity contribution in [1.29, 1.82) is 0 Å². The van der Waals surface area contributed by atoms with Crippen molar-refractivity contribution in [1.82, 2.24) is 38.9 Å². The third-order valence-corrected chi connectivity index (χ3v) is 23.9. The number of benzene rings is 1. The van der Waals surface area contributed by atoms with E-state index in [1.807, 2.05) is 37.3 Å². The number of carboxylic acids is 7. The number of carbonyl (C=O) groups is 10. The van der Waals surface area contributed by atoms with Gasteiger partial charge in [-0.15, -0.1) is 0 Å². The Hall–Kier alpha value is -7.22. The van der Waals surface area contributed by atoms with Crippen LogP contribution in [0.1, 0.15) is 206 Å². The van der Waals surface area contributed by atoms with Crippen LogP contribution in [0.2, 0.25) is 0 Å². The Bertz CT molecular complexity index is 3390. The van der Waals surface area contributed by atoms with E-state index in [1.54, 1.807) is 18.5 Å². The summed E-state index contributed by atoms with van der Waals surface area (Å²) in [6, 6.07) is 7.21. The van der Waals surface area contributed by atoms with E-state index in [-0.39, 0.29) is 47.4 Å². The summed E-state index contributed by atoms with van der Waals surface area (Å²) in [5.74, 6) is 0.346. The Labute approximate surface area is 638 Å². The lowest BCUT2D eigenvalue weighted by atomic mass is 9.47. The van der Waals surface area contributed by atoms with Gasteiger partial charge in [0.15, 0.2) is 28.8 Å². The largest absolute Gasteiger partial charge is 0.481 e. The number of ether oxygens (including phenoxy) is 1. The molecule has 3 atom stereocenters. The number of unbranched alkanes of at least 4 members (excludes halogenated alkanes) is 2.